The number of piperazine rings is 1. The molecular weight excluding hydrogens is 368 g/mol. The molecule has 0 aromatic heterocycles. The first kappa shape index (κ1) is 22.0. The molecule has 3 amide bonds. The average Bonchev–Trinajstić information content (AvgIpc) is 3.17. The van der Waals surface area contributed by atoms with E-state index in [0.717, 1.165) is 51.5 Å². The van der Waals surface area contributed by atoms with Gasteiger partial charge in [0, 0.05) is 46.7 Å². The molecular formula is C19H33ClN4O3. The molecule has 7 nitrogen and oxygen atoms in total. The van der Waals surface area contributed by atoms with E-state index in [0.29, 0.717) is 26.2 Å². The van der Waals surface area contributed by atoms with E-state index in [9.17, 15) is 14.4 Å². The first-order valence-corrected chi connectivity index (χ1v) is 10.0. The smallest absolute Gasteiger partial charge is 0.240 e. The topological polar surface area (TPSA) is 73.0 Å². The van der Waals surface area contributed by atoms with Gasteiger partial charge in [0.25, 0.3) is 0 Å². The van der Waals surface area contributed by atoms with Crippen LogP contribution in [0.1, 0.15) is 51.9 Å². The number of hydrogen-bond acceptors (Lipinski definition) is 4. The summed E-state index contributed by atoms with van der Waals surface area (Å²) in [6.45, 7) is 4.79. The molecule has 1 aliphatic carbocycles. The van der Waals surface area contributed by atoms with Crippen molar-refractivity contribution in [3.05, 3.63) is 0 Å². The van der Waals surface area contributed by atoms with Crippen molar-refractivity contribution in [3.8, 4) is 0 Å². The van der Waals surface area contributed by atoms with Crippen LogP contribution in [0.3, 0.4) is 0 Å². The number of nitrogens with zero attached hydrogens (tertiary/aromatic N) is 3. The number of likely N-dealkylation sites (N-methyl/N-ethyl adjacent to an activating group) is 1. The van der Waals surface area contributed by atoms with Gasteiger partial charge in [-0.1, -0.05) is 19.3 Å². The normalized spacial score (nSPS) is 25.6. The van der Waals surface area contributed by atoms with Crippen LogP contribution in [0.25, 0.3) is 0 Å². The highest BCUT2D eigenvalue weighted by molar-refractivity contribution is 5.89. The Labute approximate surface area is 168 Å². The molecule has 2 aliphatic heterocycles. The third kappa shape index (κ3) is 4.24. The summed E-state index contributed by atoms with van der Waals surface area (Å²) in [6.07, 6.45) is 6.72. The van der Waals surface area contributed by atoms with E-state index in [1.807, 2.05) is 4.90 Å². The summed E-state index contributed by atoms with van der Waals surface area (Å²) < 4.78 is 0. The van der Waals surface area contributed by atoms with Crippen LogP contribution in [0.5, 0.6) is 0 Å². The van der Waals surface area contributed by atoms with Crippen LogP contribution in [0.4, 0.5) is 0 Å². The molecule has 0 unspecified atom stereocenters. The Morgan fingerprint density at radius 2 is 1.48 bits per heavy atom. The van der Waals surface area contributed by atoms with E-state index in [1.165, 1.54) is 0 Å². The molecule has 3 rings (SSSR count). The lowest BCUT2D eigenvalue weighted by atomic mass is 9.79. The number of halogens is 1. The molecule has 8 heteroatoms. The molecule has 0 spiro atoms. The first-order chi connectivity index (χ1) is 12.5. The van der Waals surface area contributed by atoms with Crippen LogP contribution in [-0.4, -0.2) is 83.8 Å². The number of rotatable bonds is 3. The largest absolute Gasteiger partial charge is 0.358 e. The maximum absolute atomic E-state index is 13.2. The van der Waals surface area contributed by atoms with Crippen molar-refractivity contribution >= 4 is 30.1 Å². The van der Waals surface area contributed by atoms with E-state index in [4.69, 9.17) is 0 Å². The van der Waals surface area contributed by atoms with E-state index >= 15 is 0 Å². The van der Waals surface area contributed by atoms with Gasteiger partial charge in [0.2, 0.25) is 17.7 Å². The van der Waals surface area contributed by atoms with Gasteiger partial charge in [0.1, 0.15) is 5.54 Å². The standard InChI is InChI=1S/C19H32N4O3.ClH/c1-15(24)21-11-13-22(14-12-21)17(25)16-7-6-10-23(16)19(18(26)20-2)8-4-3-5-9-19;/h16H,3-14H2,1-2H3,(H,20,26);1H/t16-;/m0./s1. The Morgan fingerprint density at radius 1 is 0.889 bits per heavy atom. The lowest BCUT2D eigenvalue weighted by Crippen LogP contribution is -2.64. The van der Waals surface area contributed by atoms with Gasteiger partial charge in [-0.2, -0.15) is 0 Å². The summed E-state index contributed by atoms with van der Waals surface area (Å²) in [6, 6.07) is -0.200. The maximum Gasteiger partial charge on any atom is 0.240 e. The SMILES string of the molecule is CNC(=O)C1(N2CCC[C@H]2C(=O)N2CCN(C(C)=O)CC2)CCCCC1.Cl. The lowest BCUT2D eigenvalue weighted by Gasteiger charge is -2.46. The van der Waals surface area contributed by atoms with Crippen LogP contribution >= 0.6 is 12.4 Å². The summed E-state index contributed by atoms with van der Waals surface area (Å²) in [7, 11) is 1.70. The maximum atomic E-state index is 13.2. The molecule has 3 fully saturated rings. The van der Waals surface area contributed by atoms with Gasteiger partial charge >= 0.3 is 0 Å². The zero-order chi connectivity index (χ0) is 18.7. The van der Waals surface area contributed by atoms with E-state index in [2.05, 4.69) is 10.2 Å². The Balaban J connectivity index is 0.00000261. The Hall–Kier alpha value is -1.34. The van der Waals surface area contributed by atoms with Gasteiger partial charge in [-0.15, -0.1) is 12.4 Å². The van der Waals surface area contributed by atoms with Crippen molar-refractivity contribution < 1.29 is 14.4 Å². The molecule has 2 saturated heterocycles. The van der Waals surface area contributed by atoms with Crippen LogP contribution in [0.2, 0.25) is 0 Å². The van der Waals surface area contributed by atoms with Gasteiger partial charge in [0.05, 0.1) is 6.04 Å². The summed E-state index contributed by atoms with van der Waals surface area (Å²) in [5, 5.41) is 2.86. The van der Waals surface area contributed by atoms with Crippen LogP contribution < -0.4 is 5.32 Å². The number of nitrogens with one attached hydrogen (secondary N) is 1. The predicted molar refractivity (Wildman–Crippen MR) is 106 cm³/mol. The minimum absolute atomic E-state index is 0. The molecule has 0 aromatic carbocycles. The fourth-order valence-electron chi connectivity index (χ4n) is 5.00. The van der Waals surface area contributed by atoms with Crippen molar-refractivity contribution in [2.45, 2.75) is 63.5 Å². The molecule has 0 bridgehead atoms. The highest BCUT2D eigenvalue weighted by Crippen LogP contribution is 2.39. The summed E-state index contributed by atoms with van der Waals surface area (Å²) in [5.74, 6) is 0.276. The van der Waals surface area contributed by atoms with Gasteiger partial charge in [-0.3, -0.25) is 19.3 Å². The van der Waals surface area contributed by atoms with Crippen LogP contribution in [-0.2, 0) is 14.4 Å². The molecule has 1 atom stereocenters. The molecule has 27 heavy (non-hydrogen) atoms. The van der Waals surface area contributed by atoms with Crippen LogP contribution in [0, 0.1) is 0 Å². The fraction of sp³-hybridized carbons (Fsp3) is 0.842. The molecule has 0 aromatic rings. The second kappa shape index (κ2) is 9.24. The summed E-state index contributed by atoms with van der Waals surface area (Å²) >= 11 is 0. The highest BCUT2D eigenvalue weighted by atomic mass is 35.5. The third-order valence-corrected chi connectivity index (χ3v) is 6.45. The van der Waals surface area contributed by atoms with Crippen LogP contribution in [0.15, 0.2) is 0 Å². The third-order valence-electron chi connectivity index (χ3n) is 6.45. The molecule has 1 N–H and O–H groups in total. The number of carbonyl (C=O) groups excluding carboxylic acids is 3. The lowest BCUT2D eigenvalue weighted by molar-refractivity contribution is -0.148. The fourth-order valence-corrected chi connectivity index (χ4v) is 5.00. The Morgan fingerprint density at radius 3 is 2.04 bits per heavy atom. The van der Waals surface area contributed by atoms with Gasteiger partial charge in [-0.05, 0) is 25.7 Å². The second-order valence-corrected chi connectivity index (χ2v) is 7.85. The first-order valence-electron chi connectivity index (χ1n) is 10.0. The van der Waals surface area contributed by atoms with E-state index < -0.39 is 5.54 Å². The number of carbonyl (C=O) groups is 3. The summed E-state index contributed by atoms with van der Waals surface area (Å²) in [5.41, 5.74) is -0.523. The minimum atomic E-state index is -0.523. The monoisotopic (exact) mass is 400 g/mol. The molecule has 2 heterocycles. The molecule has 154 valence electrons. The van der Waals surface area contributed by atoms with Crippen molar-refractivity contribution in [1.82, 2.24) is 20.0 Å². The zero-order valence-corrected chi connectivity index (χ0v) is 17.4. The van der Waals surface area contributed by atoms with Crippen molar-refractivity contribution in [3.63, 3.8) is 0 Å². The number of amides is 3. The summed E-state index contributed by atoms with van der Waals surface area (Å²) in [4.78, 5) is 43.5. The van der Waals surface area contributed by atoms with Crippen molar-refractivity contribution in [2.75, 3.05) is 39.8 Å². The van der Waals surface area contributed by atoms with Gasteiger partial charge in [-0.25, -0.2) is 0 Å². The van der Waals surface area contributed by atoms with E-state index in [-0.39, 0.29) is 36.2 Å². The highest BCUT2D eigenvalue weighted by Gasteiger charge is 2.50. The molecule has 1 saturated carbocycles. The quantitative estimate of drug-likeness (QED) is 0.767. The van der Waals surface area contributed by atoms with E-state index in [1.54, 1.807) is 18.9 Å². The predicted octanol–water partition coefficient (Wildman–Crippen LogP) is 1.01. The minimum Gasteiger partial charge on any atom is -0.358 e. The second-order valence-electron chi connectivity index (χ2n) is 7.85. The van der Waals surface area contributed by atoms with Crippen molar-refractivity contribution in [1.29, 1.82) is 0 Å². The number of likely N-dealkylation sites (tertiary alicyclic amines) is 1. The molecule has 0 radical (unpaired) electrons. The Bertz CT molecular complexity index is 557. The number of hydrogen-bond donors (Lipinski definition) is 1. The molecule has 3 aliphatic rings. The zero-order valence-electron chi connectivity index (χ0n) is 16.5. The van der Waals surface area contributed by atoms with Gasteiger partial charge < -0.3 is 15.1 Å². The van der Waals surface area contributed by atoms with Gasteiger partial charge in [0.15, 0.2) is 0 Å². The Kier molecular flexibility index (Phi) is 7.51. The van der Waals surface area contributed by atoms with Crippen molar-refractivity contribution in [2.24, 2.45) is 0 Å². The average molecular weight is 401 g/mol.